The predicted molar refractivity (Wildman–Crippen MR) is 62.8 cm³/mol. The molecule has 18 heavy (non-hydrogen) atoms. The number of rotatable bonds is 5. The van der Waals surface area contributed by atoms with Crippen LogP contribution in [-0.4, -0.2) is 28.8 Å². The molecule has 0 aliphatic heterocycles. The normalized spacial score (nSPS) is 11.9. The molecule has 6 heteroatoms. The van der Waals surface area contributed by atoms with Crippen LogP contribution in [0.3, 0.4) is 0 Å². The maximum absolute atomic E-state index is 11.9. The Morgan fingerprint density at radius 1 is 1.22 bits per heavy atom. The molecule has 0 aliphatic rings. The minimum Gasteiger partial charge on any atom is -0.458 e. The molecule has 0 aromatic heterocycles. The van der Waals surface area contributed by atoms with Gasteiger partial charge in [0.25, 0.3) is 0 Å². The smallest absolute Gasteiger partial charge is 0.390 e. The lowest BCUT2D eigenvalue weighted by molar-refractivity contribution is -0.494. The molecule has 0 bridgehead atoms. The van der Waals surface area contributed by atoms with E-state index in [4.69, 9.17) is 4.74 Å². The van der Waals surface area contributed by atoms with E-state index in [1.54, 1.807) is 32.0 Å². The minimum atomic E-state index is -2.00. The first-order valence-electron chi connectivity index (χ1n) is 5.36. The number of nitrogens with zero attached hydrogens (tertiary/aromatic N) is 1. The summed E-state index contributed by atoms with van der Waals surface area (Å²) >= 11 is 0. The van der Waals surface area contributed by atoms with Crippen molar-refractivity contribution in [3.05, 3.63) is 46.0 Å². The number of ketones is 1. The summed E-state index contributed by atoms with van der Waals surface area (Å²) < 4.78 is 4.71. The van der Waals surface area contributed by atoms with Gasteiger partial charge in [0, 0.05) is 10.5 Å². The molecule has 1 aromatic carbocycles. The monoisotopic (exact) mass is 251 g/mol. The van der Waals surface area contributed by atoms with Crippen molar-refractivity contribution >= 4 is 11.8 Å². The van der Waals surface area contributed by atoms with E-state index in [1.807, 2.05) is 0 Å². The van der Waals surface area contributed by atoms with Crippen molar-refractivity contribution < 1.29 is 19.2 Å². The number of carbonyl (C=O) groups is 2. The first-order chi connectivity index (χ1) is 8.43. The fourth-order valence-corrected chi connectivity index (χ4v) is 1.35. The quantitative estimate of drug-likeness (QED) is 0.260. The van der Waals surface area contributed by atoms with Gasteiger partial charge in [0.1, 0.15) is 0 Å². The van der Waals surface area contributed by atoms with Gasteiger partial charge in [-0.2, -0.15) is 0 Å². The third kappa shape index (κ3) is 3.38. The van der Waals surface area contributed by atoms with E-state index < -0.39 is 28.8 Å². The Kier molecular flexibility index (Phi) is 4.53. The summed E-state index contributed by atoms with van der Waals surface area (Å²) in [7, 11) is 0. The molecule has 1 rings (SSSR count). The highest BCUT2D eigenvalue weighted by Gasteiger charge is 2.40. The average molecular weight is 251 g/mol. The van der Waals surface area contributed by atoms with Crippen molar-refractivity contribution in [2.45, 2.75) is 26.0 Å². The molecule has 0 N–H and O–H groups in total. The number of hydrogen-bond acceptors (Lipinski definition) is 5. The molecule has 96 valence electrons. The molecule has 0 heterocycles. The lowest BCUT2D eigenvalue weighted by atomic mass is 10.1. The molecule has 0 aliphatic carbocycles. The SMILES string of the molecule is CC(C)OC(=O)C(C(=O)c1ccccc1)[N+](=O)[O-]. The van der Waals surface area contributed by atoms with E-state index in [0.717, 1.165) is 0 Å². The zero-order chi connectivity index (χ0) is 13.7. The molecule has 0 fully saturated rings. The molecular weight excluding hydrogens is 238 g/mol. The van der Waals surface area contributed by atoms with E-state index in [1.165, 1.54) is 12.1 Å². The number of benzene rings is 1. The van der Waals surface area contributed by atoms with E-state index in [9.17, 15) is 19.7 Å². The topological polar surface area (TPSA) is 86.5 Å². The molecule has 0 saturated carbocycles. The average Bonchev–Trinajstić information content (AvgIpc) is 2.28. The number of esters is 1. The van der Waals surface area contributed by atoms with E-state index in [2.05, 4.69) is 0 Å². The van der Waals surface area contributed by atoms with E-state index >= 15 is 0 Å². The number of ether oxygens (including phenoxy) is 1. The highest BCUT2D eigenvalue weighted by atomic mass is 16.6. The van der Waals surface area contributed by atoms with Crippen LogP contribution >= 0.6 is 0 Å². The van der Waals surface area contributed by atoms with Crippen LogP contribution in [0, 0.1) is 10.1 Å². The van der Waals surface area contributed by atoms with Gasteiger partial charge in [0.2, 0.25) is 5.78 Å². The van der Waals surface area contributed by atoms with Crippen LogP contribution in [-0.2, 0) is 9.53 Å². The van der Waals surface area contributed by atoms with Gasteiger partial charge in [-0.1, -0.05) is 30.3 Å². The van der Waals surface area contributed by atoms with Crippen LogP contribution < -0.4 is 0 Å². The first-order valence-corrected chi connectivity index (χ1v) is 5.36. The van der Waals surface area contributed by atoms with Crippen LogP contribution in [0.25, 0.3) is 0 Å². The summed E-state index contributed by atoms with van der Waals surface area (Å²) in [5.74, 6) is -2.00. The summed E-state index contributed by atoms with van der Waals surface area (Å²) in [5, 5.41) is 10.8. The predicted octanol–water partition coefficient (Wildman–Crippen LogP) is 1.47. The van der Waals surface area contributed by atoms with Gasteiger partial charge < -0.3 is 4.74 Å². The van der Waals surface area contributed by atoms with Crippen LogP contribution in [0.5, 0.6) is 0 Å². The second kappa shape index (κ2) is 5.90. The summed E-state index contributed by atoms with van der Waals surface area (Å²) in [4.78, 5) is 33.3. The Hall–Kier alpha value is -2.24. The zero-order valence-electron chi connectivity index (χ0n) is 10.0. The maximum Gasteiger partial charge on any atom is 0.390 e. The number of carbonyl (C=O) groups excluding carboxylic acids is 2. The lowest BCUT2D eigenvalue weighted by Crippen LogP contribution is -2.40. The second-order valence-electron chi connectivity index (χ2n) is 3.90. The Morgan fingerprint density at radius 2 is 1.78 bits per heavy atom. The van der Waals surface area contributed by atoms with Gasteiger partial charge in [-0.25, -0.2) is 4.79 Å². The Morgan fingerprint density at radius 3 is 2.22 bits per heavy atom. The van der Waals surface area contributed by atoms with Gasteiger partial charge in [0.15, 0.2) is 0 Å². The highest BCUT2D eigenvalue weighted by Crippen LogP contribution is 2.08. The van der Waals surface area contributed by atoms with Crippen molar-refractivity contribution in [1.82, 2.24) is 0 Å². The van der Waals surface area contributed by atoms with E-state index in [0.29, 0.717) is 0 Å². The van der Waals surface area contributed by atoms with Crippen LogP contribution in [0.4, 0.5) is 0 Å². The number of hydrogen-bond donors (Lipinski definition) is 0. The Bertz CT molecular complexity index is 455. The molecule has 6 nitrogen and oxygen atoms in total. The molecule has 0 saturated heterocycles. The largest absolute Gasteiger partial charge is 0.458 e. The van der Waals surface area contributed by atoms with Gasteiger partial charge in [-0.3, -0.25) is 14.9 Å². The third-order valence-electron chi connectivity index (χ3n) is 2.09. The van der Waals surface area contributed by atoms with Gasteiger partial charge >= 0.3 is 12.0 Å². The molecule has 1 unspecified atom stereocenters. The van der Waals surface area contributed by atoms with Crippen molar-refractivity contribution in [2.75, 3.05) is 0 Å². The second-order valence-corrected chi connectivity index (χ2v) is 3.90. The van der Waals surface area contributed by atoms with Crippen LogP contribution in [0.1, 0.15) is 24.2 Å². The summed E-state index contributed by atoms with van der Waals surface area (Å²) in [6, 6.07) is 5.64. The van der Waals surface area contributed by atoms with Crippen LogP contribution in [0.15, 0.2) is 30.3 Å². The Labute approximate surface area is 104 Å². The molecule has 0 spiro atoms. The van der Waals surface area contributed by atoms with Crippen molar-refractivity contribution in [3.63, 3.8) is 0 Å². The molecule has 1 aromatic rings. The van der Waals surface area contributed by atoms with Crippen molar-refractivity contribution in [1.29, 1.82) is 0 Å². The minimum absolute atomic E-state index is 0.111. The van der Waals surface area contributed by atoms with Crippen molar-refractivity contribution in [2.24, 2.45) is 0 Å². The summed E-state index contributed by atoms with van der Waals surface area (Å²) in [5.41, 5.74) is 0.111. The molecular formula is C12H13NO5. The molecule has 1 atom stereocenters. The lowest BCUT2D eigenvalue weighted by Gasteiger charge is -2.11. The number of Topliss-reactive ketones (excluding diaryl/α,β-unsaturated/α-hetero) is 1. The van der Waals surface area contributed by atoms with Gasteiger partial charge in [0.05, 0.1) is 6.10 Å². The molecule has 0 amide bonds. The standard InChI is InChI=1S/C12H13NO5/c1-8(2)18-12(15)10(13(16)17)11(14)9-6-4-3-5-7-9/h3-8,10H,1-2H3. The zero-order valence-corrected chi connectivity index (χ0v) is 10.0. The van der Waals surface area contributed by atoms with Gasteiger partial charge in [-0.15, -0.1) is 0 Å². The van der Waals surface area contributed by atoms with Crippen molar-refractivity contribution in [3.8, 4) is 0 Å². The summed E-state index contributed by atoms with van der Waals surface area (Å²) in [6.45, 7) is 3.11. The number of nitro groups is 1. The Balaban J connectivity index is 2.96. The highest BCUT2D eigenvalue weighted by molar-refractivity contribution is 6.10. The first kappa shape index (κ1) is 13.8. The van der Waals surface area contributed by atoms with Gasteiger partial charge in [-0.05, 0) is 13.8 Å². The third-order valence-corrected chi connectivity index (χ3v) is 2.09. The fraction of sp³-hybridized carbons (Fsp3) is 0.333. The molecule has 0 radical (unpaired) electrons. The maximum atomic E-state index is 11.9. The summed E-state index contributed by atoms with van der Waals surface area (Å²) in [6.07, 6.45) is -0.511. The fourth-order valence-electron chi connectivity index (χ4n) is 1.35. The van der Waals surface area contributed by atoms with E-state index in [-0.39, 0.29) is 5.56 Å². The van der Waals surface area contributed by atoms with Crippen LogP contribution in [0.2, 0.25) is 0 Å².